The van der Waals surface area contributed by atoms with Crippen molar-refractivity contribution >= 4 is 39.1 Å². The van der Waals surface area contributed by atoms with Gasteiger partial charge in [-0.1, -0.05) is 6.07 Å². The third-order valence-corrected chi connectivity index (χ3v) is 5.67. The zero-order valence-electron chi connectivity index (χ0n) is 16.3. The number of halogens is 2. The van der Waals surface area contributed by atoms with Crippen LogP contribution in [0, 0.1) is 18.6 Å². The number of aryl methyl sites for hydroxylation is 1. The molecule has 1 aromatic heterocycles. The van der Waals surface area contributed by atoms with Crippen molar-refractivity contribution in [2.45, 2.75) is 32.9 Å². The molecular weight excluding hydrogens is 414 g/mol. The Kier molecular flexibility index (Phi) is 5.38. The number of amides is 1. The second kappa shape index (κ2) is 7.98. The Morgan fingerprint density at radius 2 is 2.10 bits per heavy atom. The average Bonchev–Trinajstić information content (AvgIpc) is 3.11. The summed E-state index contributed by atoms with van der Waals surface area (Å²) in [5.74, 6) is -2.49. The van der Waals surface area contributed by atoms with Crippen LogP contribution in [0.2, 0.25) is 0 Å². The van der Waals surface area contributed by atoms with Crippen LogP contribution in [0.5, 0.6) is 5.75 Å². The molecule has 0 bridgehead atoms. The predicted molar refractivity (Wildman–Crippen MR) is 108 cm³/mol. The van der Waals surface area contributed by atoms with Gasteiger partial charge in [0, 0.05) is 0 Å². The van der Waals surface area contributed by atoms with E-state index in [-0.39, 0.29) is 25.1 Å². The van der Waals surface area contributed by atoms with Gasteiger partial charge in [-0.05, 0) is 43.7 Å². The van der Waals surface area contributed by atoms with Crippen molar-refractivity contribution < 1.29 is 27.8 Å². The van der Waals surface area contributed by atoms with Crippen molar-refractivity contribution in [1.82, 2.24) is 4.98 Å². The number of carbonyl (C=O) groups is 2. The molecule has 9 heteroatoms. The molecule has 1 aliphatic rings. The first-order valence-electron chi connectivity index (χ1n) is 9.35. The van der Waals surface area contributed by atoms with Gasteiger partial charge in [-0.2, -0.15) is 0 Å². The molecule has 0 radical (unpaired) electrons. The Morgan fingerprint density at radius 1 is 1.30 bits per heavy atom. The molecule has 1 amide bonds. The number of ether oxygens (including phenoxy) is 2. The van der Waals surface area contributed by atoms with Crippen molar-refractivity contribution in [3.8, 4) is 5.75 Å². The van der Waals surface area contributed by atoms with Crippen molar-refractivity contribution in [3.63, 3.8) is 0 Å². The van der Waals surface area contributed by atoms with Crippen LogP contribution in [-0.2, 0) is 20.9 Å². The zero-order valence-corrected chi connectivity index (χ0v) is 17.1. The van der Waals surface area contributed by atoms with E-state index in [4.69, 9.17) is 9.47 Å². The second-order valence-corrected chi connectivity index (χ2v) is 7.94. The predicted octanol–water partition coefficient (Wildman–Crippen LogP) is 4.13. The van der Waals surface area contributed by atoms with Crippen LogP contribution in [0.25, 0.3) is 10.2 Å². The Balaban J connectivity index is 1.69. The highest BCUT2D eigenvalue weighted by molar-refractivity contribution is 7.18. The average molecular weight is 432 g/mol. The quantitative estimate of drug-likeness (QED) is 0.567. The summed E-state index contributed by atoms with van der Waals surface area (Å²) in [5.41, 5.74) is 1.38. The molecule has 156 valence electrons. The van der Waals surface area contributed by atoms with E-state index in [1.54, 1.807) is 19.1 Å². The highest BCUT2D eigenvalue weighted by Gasteiger charge is 2.36. The lowest BCUT2D eigenvalue weighted by Gasteiger charge is -2.33. The number of nitrogens with zero attached hydrogens (tertiary/aromatic N) is 2. The van der Waals surface area contributed by atoms with Gasteiger partial charge in [0.1, 0.15) is 16.3 Å². The highest BCUT2D eigenvalue weighted by atomic mass is 32.1. The topological polar surface area (TPSA) is 68.7 Å². The lowest BCUT2D eigenvalue weighted by molar-refractivity contribution is -0.147. The molecule has 4 rings (SSSR count). The minimum atomic E-state index is -1.04. The third kappa shape index (κ3) is 3.72. The van der Waals surface area contributed by atoms with Gasteiger partial charge in [0.2, 0.25) is 0 Å². The summed E-state index contributed by atoms with van der Waals surface area (Å²) in [5, 5.41) is 0.436. The van der Waals surface area contributed by atoms with Gasteiger partial charge in [-0.15, -0.1) is 11.3 Å². The molecule has 6 nitrogen and oxygen atoms in total. The van der Waals surface area contributed by atoms with Gasteiger partial charge in [-0.3, -0.25) is 14.5 Å². The van der Waals surface area contributed by atoms with E-state index in [0.29, 0.717) is 21.1 Å². The van der Waals surface area contributed by atoms with E-state index in [0.717, 1.165) is 11.6 Å². The highest BCUT2D eigenvalue weighted by Crippen LogP contribution is 2.37. The van der Waals surface area contributed by atoms with E-state index in [1.165, 1.54) is 22.3 Å². The number of carbonyl (C=O) groups excluding carboxylic acids is 2. The first-order chi connectivity index (χ1) is 14.4. The van der Waals surface area contributed by atoms with Gasteiger partial charge < -0.3 is 9.47 Å². The SMILES string of the molecule is CCOC(=O)CC1Oc2cc(C)ccc2N(Cc2nc3c(F)c(F)ccc3s2)C1=O. The largest absolute Gasteiger partial charge is 0.478 e. The smallest absolute Gasteiger partial charge is 0.310 e. The lowest BCUT2D eigenvalue weighted by atomic mass is 10.1. The summed E-state index contributed by atoms with van der Waals surface area (Å²) >= 11 is 1.17. The maximum atomic E-state index is 14.0. The molecule has 30 heavy (non-hydrogen) atoms. The van der Waals surface area contributed by atoms with E-state index in [2.05, 4.69) is 4.98 Å². The Bertz CT molecular complexity index is 1150. The van der Waals surface area contributed by atoms with Crippen LogP contribution in [0.1, 0.15) is 23.9 Å². The van der Waals surface area contributed by atoms with Crippen LogP contribution in [0.4, 0.5) is 14.5 Å². The normalized spacial score (nSPS) is 15.8. The molecule has 1 aliphatic heterocycles. The number of hydrogen-bond donors (Lipinski definition) is 0. The summed E-state index contributed by atoms with van der Waals surface area (Å²) in [6.07, 6.45) is -1.27. The van der Waals surface area contributed by atoms with Crippen LogP contribution in [0.15, 0.2) is 30.3 Å². The number of aromatic nitrogens is 1. The zero-order chi connectivity index (χ0) is 21.4. The number of rotatable bonds is 5. The molecule has 0 fully saturated rings. The van der Waals surface area contributed by atoms with Gasteiger partial charge >= 0.3 is 5.97 Å². The van der Waals surface area contributed by atoms with E-state index in [9.17, 15) is 18.4 Å². The van der Waals surface area contributed by atoms with E-state index < -0.39 is 29.6 Å². The summed E-state index contributed by atoms with van der Waals surface area (Å²) in [4.78, 5) is 30.7. The van der Waals surface area contributed by atoms with Crippen molar-refractivity contribution in [1.29, 1.82) is 0 Å². The molecule has 0 spiro atoms. The van der Waals surface area contributed by atoms with Gasteiger partial charge in [0.15, 0.2) is 17.7 Å². The monoisotopic (exact) mass is 432 g/mol. The van der Waals surface area contributed by atoms with Crippen LogP contribution < -0.4 is 9.64 Å². The van der Waals surface area contributed by atoms with Crippen LogP contribution in [-0.4, -0.2) is 29.6 Å². The third-order valence-electron chi connectivity index (χ3n) is 4.66. The van der Waals surface area contributed by atoms with Crippen molar-refractivity contribution in [2.24, 2.45) is 0 Å². The molecule has 0 aliphatic carbocycles. The molecular formula is C21H18F2N2O4S. The molecule has 2 aromatic carbocycles. The van der Waals surface area contributed by atoms with Crippen molar-refractivity contribution in [3.05, 3.63) is 52.5 Å². The maximum absolute atomic E-state index is 14.0. The fourth-order valence-electron chi connectivity index (χ4n) is 3.28. The number of hydrogen-bond acceptors (Lipinski definition) is 6. The Hall–Kier alpha value is -3.07. The molecule has 0 saturated heterocycles. The second-order valence-electron chi connectivity index (χ2n) is 6.83. The van der Waals surface area contributed by atoms with Gasteiger partial charge in [0.25, 0.3) is 5.91 Å². The van der Waals surface area contributed by atoms with E-state index >= 15 is 0 Å². The molecule has 0 N–H and O–H groups in total. The number of fused-ring (bicyclic) bond motifs is 2. The fraction of sp³-hybridized carbons (Fsp3) is 0.286. The van der Waals surface area contributed by atoms with Gasteiger partial charge in [-0.25, -0.2) is 13.8 Å². The first kappa shape index (κ1) is 20.2. The van der Waals surface area contributed by atoms with Crippen LogP contribution >= 0.6 is 11.3 Å². The maximum Gasteiger partial charge on any atom is 0.310 e. The van der Waals surface area contributed by atoms with Crippen LogP contribution in [0.3, 0.4) is 0 Å². The molecule has 0 saturated carbocycles. The Morgan fingerprint density at radius 3 is 2.87 bits per heavy atom. The number of benzene rings is 2. The minimum Gasteiger partial charge on any atom is -0.478 e. The molecule has 1 atom stereocenters. The number of anilines is 1. The summed E-state index contributed by atoms with van der Waals surface area (Å²) in [7, 11) is 0. The standard InChI is InChI=1S/C21H18F2N2O4S/c1-3-28-18(26)9-15-21(27)25(13-6-4-11(2)8-14(13)29-15)10-17-24-20-16(30-17)7-5-12(22)19(20)23/h4-8,15H,3,9-10H2,1-2H3. The summed E-state index contributed by atoms with van der Waals surface area (Å²) in [6.45, 7) is 3.81. The minimum absolute atomic E-state index is 0.0397. The van der Waals surface area contributed by atoms with Gasteiger partial charge in [0.05, 0.1) is 30.0 Å². The molecule has 2 heterocycles. The van der Waals surface area contributed by atoms with Crippen molar-refractivity contribution in [2.75, 3.05) is 11.5 Å². The summed E-state index contributed by atoms with van der Waals surface area (Å²) in [6, 6.07) is 7.86. The van der Waals surface area contributed by atoms with E-state index in [1.807, 2.05) is 13.0 Å². The number of thiazole rings is 1. The fourth-order valence-corrected chi connectivity index (χ4v) is 4.24. The Labute approximate surface area is 175 Å². The lowest BCUT2D eigenvalue weighted by Crippen LogP contribution is -2.46. The molecule has 3 aromatic rings. The molecule has 1 unspecified atom stereocenters. The summed E-state index contributed by atoms with van der Waals surface area (Å²) < 4.78 is 38.8. The first-order valence-corrected chi connectivity index (χ1v) is 10.2. The number of esters is 1.